The van der Waals surface area contributed by atoms with Crippen LogP contribution in [0.3, 0.4) is 0 Å². The van der Waals surface area contributed by atoms with Crippen LogP contribution in [0, 0.1) is 0 Å². The lowest BCUT2D eigenvalue weighted by Crippen LogP contribution is -2.30. The minimum absolute atomic E-state index is 0.0187. The van der Waals surface area contributed by atoms with Gasteiger partial charge >= 0.3 is 6.09 Å². The Bertz CT molecular complexity index is 943. The molecule has 1 amide bonds. The average Bonchev–Trinajstić information content (AvgIpc) is 3.24. The van der Waals surface area contributed by atoms with Gasteiger partial charge in [-0.1, -0.05) is 11.6 Å². The number of pyridine rings is 1. The lowest BCUT2D eigenvalue weighted by atomic mass is 10.1. The van der Waals surface area contributed by atoms with E-state index in [-0.39, 0.29) is 6.04 Å². The van der Waals surface area contributed by atoms with Crippen LogP contribution in [0.4, 0.5) is 10.7 Å². The van der Waals surface area contributed by atoms with Crippen molar-refractivity contribution in [3.63, 3.8) is 0 Å². The third kappa shape index (κ3) is 2.96. The Balaban J connectivity index is 1.62. The van der Waals surface area contributed by atoms with E-state index >= 15 is 0 Å². The molecular formula is C16H15ClN6O2. The van der Waals surface area contributed by atoms with Crippen molar-refractivity contribution in [2.24, 2.45) is 0 Å². The first-order chi connectivity index (χ1) is 12.1. The van der Waals surface area contributed by atoms with E-state index in [0.717, 1.165) is 16.6 Å². The number of carboxylic acid groups (broad SMARTS) is 1. The maximum absolute atomic E-state index is 11.0. The third-order valence-corrected chi connectivity index (χ3v) is 4.52. The van der Waals surface area contributed by atoms with E-state index in [4.69, 9.17) is 16.7 Å². The van der Waals surface area contributed by atoms with E-state index in [2.05, 4.69) is 25.3 Å². The van der Waals surface area contributed by atoms with Crippen molar-refractivity contribution in [1.29, 1.82) is 0 Å². The van der Waals surface area contributed by atoms with Crippen molar-refractivity contribution in [1.82, 2.24) is 24.8 Å². The highest BCUT2D eigenvalue weighted by atomic mass is 35.5. The lowest BCUT2D eigenvalue weighted by Gasteiger charge is -2.14. The van der Waals surface area contributed by atoms with Gasteiger partial charge in [-0.05, 0) is 18.6 Å². The summed E-state index contributed by atoms with van der Waals surface area (Å²) in [6.07, 6.45) is 4.88. The number of aromatic amines is 1. The second-order valence-corrected chi connectivity index (χ2v) is 6.26. The van der Waals surface area contributed by atoms with Gasteiger partial charge in [0.1, 0.15) is 5.65 Å². The van der Waals surface area contributed by atoms with Crippen LogP contribution in [0.1, 0.15) is 6.42 Å². The molecule has 3 aromatic rings. The molecule has 1 fully saturated rings. The molecule has 3 N–H and O–H groups in total. The second-order valence-electron chi connectivity index (χ2n) is 5.85. The van der Waals surface area contributed by atoms with Crippen molar-refractivity contribution in [2.75, 3.05) is 18.4 Å². The number of H-pyrrole nitrogens is 1. The van der Waals surface area contributed by atoms with Crippen LogP contribution in [-0.4, -0.2) is 55.2 Å². The van der Waals surface area contributed by atoms with Crippen molar-refractivity contribution in [2.45, 2.75) is 12.5 Å². The van der Waals surface area contributed by atoms with E-state index in [0.29, 0.717) is 36.2 Å². The summed E-state index contributed by atoms with van der Waals surface area (Å²) >= 11 is 6.30. The summed E-state index contributed by atoms with van der Waals surface area (Å²) in [5.74, 6) is 0.426. The second kappa shape index (κ2) is 6.21. The first-order valence-electron chi connectivity index (χ1n) is 7.81. The number of likely N-dealkylation sites (tertiary alicyclic amines) is 1. The molecule has 3 aromatic heterocycles. The zero-order valence-corrected chi connectivity index (χ0v) is 13.9. The van der Waals surface area contributed by atoms with E-state index < -0.39 is 6.09 Å². The van der Waals surface area contributed by atoms with Crippen LogP contribution >= 0.6 is 11.6 Å². The van der Waals surface area contributed by atoms with Crippen LogP contribution in [0.15, 0.2) is 30.7 Å². The fourth-order valence-electron chi connectivity index (χ4n) is 3.01. The van der Waals surface area contributed by atoms with Gasteiger partial charge < -0.3 is 20.3 Å². The van der Waals surface area contributed by atoms with Gasteiger partial charge in [0, 0.05) is 42.5 Å². The molecule has 9 heteroatoms. The largest absolute Gasteiger partial charge is 0.465 e. The molecule has 25 heavy (non-hydrogen) atoms. The smallest absolute Gasteiger partial charge is 0.407 e. The Morgan fingerprint density at radius 1 is 1.44 bits per heavy atom. The fourth-order valence-corrected chi connectivity index (χ4v) is 3.20. The maximum Gasteiger partial charge on any atom is 0.407 e. The molecule has 0 radical (unpaired) electrons. The van der Waals surface area contributed by atoms with Crippen molar-refractivity contribution >= 4 is 34.7 Å². The summed E-state index contributed by atoms with van der Waals surface area (Å²) in [5.41, 5.74) is 2.21. The highest BCUT2D eigenvalue weighted by molar-refractivity contribution is 6.33. The number of anilines is 1. The Morgan fingerprint density at radius 3 is 3.12 bits per heavy atom. The van der Waals surface area contributed by atoms with Gasteiger partial charge in [0.05, 0.1) is 16.9 Å². The number of fused-ring (bicyclic) bond motifs is 1. The Labute approximate surface area is 147 Å². The van der Waals surface area contributed by atoms with Crippen LogP contribution in [0.5, 0.6) is 0 Å². The molecule has 0 saturated carbocycles. The number of amides is 1. The number of rotatable bonds is 3. The topological polar surface area (TPSA) is 107 Å². The Hall–Kier alpha value is -2.87. The Morgan fingerprint density at radius 2 is 2.32 bits per heavy atom. The summed E-state index contributed by atoms with van der Waals surface area (Å²) in [7, 11) is 0. The minimum atomic E-state index is -0.909. The summed E-state index contributed by atoms with van der Waals surface area (Å²) in [5, 5.41) is 13.6. The van der Waals surface area contributed by atoms with Gasteiger partial charge in [0.25, 0.3) is 0 Å². The number of hydrogen-bond acceptors (Lipinski definition) is 5. The van der Waals surface area contributed by atoms with Gasteiger partial charge in [0.15, 0.2) is 0 Å². The van der Waals surface area contributed by atoms with Crippen LogP contribution in [0.25, 0.3) is 22.3 Å². The quantitative estimate of drug-likeness (QED) is 0.664. The fraction of sp³-hybridized carbons (Fsp3) is 0.250. The normalized spacial score (nSPS) is 17.2. The first-order valence-corrected chi connectivity index (χ1v) is 8.19. The Kier molecular flexibility index (Phi) is 3.89. The number of carbonyl (C=O) groups is 1. The van der Waals surface area contributed by atoms with Gasteiger partial charge in [-0.3, -0.25) is 0 Å². The predicted molar refractivity (Wildman–Crippen MR) is 93.8 cm³/mol. The molecule has 1 atom stereocenters. The molecule has 4 heterocycles. The molecule has 1 unspecified atom stereocenters. The van der Waals surface area contributed by atoms with Gasteiger partial charge in [-0.2, -0.15) is 0 Å². The number of nitrogens with zero attached hydrogens (tertiary/aromatic N) is 4. The SMILES string of the molecule is O=C(O)N1CCC(Nc2ncc(Cl)c(-c3c[nH]c4ncccc34)n2)C1. The number of nitrogens with one attached hydrogen (secondary N) is 2. The summed E-state index contributed by atoms with van der Waals surface area (Å²) < 4.78 is 0. The highest BCUT2D eigenvalue weighted by Crippen LogP contribution is 2.31. The lowest BCUT2D eigenvalue weighted by molar-refractivity contribution is 0.155. The van der Waals surface area contributed by atoms with Gasteiger partial charge in [-0.15, -0.1) is 0 Å². The van der Waals surface area contributed by atoms with Crippen molar-refractivity contribution < 1.29 is 9.90 Å². The molecule has 0 bridgehead atoms. The monoisotopic (exact) mass is 358 g/mol. The van der Waals surface area contributed by atoms with Crippen LogP contribution in [0.2, 0.25) is 5.02 Å². The molecule has 128 valence electrons. The minimum Gasteiger partial charge on any atom is -0.465 e. The van der Waals surface area contributed by atoms with Crippen LogP contribution < -0.4 is 5.32 Å². The van der Waals surface area contributed by atoms with E-state index in [1.165, 1.54) is 4.90 Å². The number of hydrogen-bond donors (Lipinski definition) is 3. The summed E-state index contributed by atoms with van der Waals surface area (Å²) in [6, 6.07) is 3.78. The zero-order chi connectivity index (χ0) is 17.4. The molecular weight excluding hydrogens is 344 g/mol. The molecule has 0 spiro atoms. The predicted octanol–water partition coefficient (Wildman–Crippen LogP) is 2.84. The molecule has 4 rings (SSSR count). The average molecular weight is 359 g/mol. The van der Waals surface area contributed by atoms with E-state index in [9.17, 15) is 4.79 Å². The number of aromatic nitrogens is 4. The first kappa shape index (κ1) is 15.6. The van der Waals surface area contributed by atoms with E-state index in [1.54, 1.807) is 12.4 Å². The third-order valence-electron chi connectivity index (χ3n) is 4.24. The molecule has 0 aliphatic carbocycles. The van der Waals surface area contributed by atoms with Crippen molar-refractivity contribution in [3.05, 3.63) is 35.7 Å². The zero-order valence-electron chi connectivity index (χ0n) is 13.1. The summed E-state index contributed by atoms with van der Waals surface area (Å²) in [6.45, 7) is 0.912. The standard InChI is InChI=1S/C16H15ClN6O2/c17-12-7-20-15(21-9-3-5-23(8-9)16(24)25)22-13(12)11-6-19-14-10(11)2-1-4-18-14/h1-2,4,6-7,9H,3,5,8H2,(H,18,19)(H,24,25)(H,20,21,22). The number of halogens is 1. The molecule has 1 saturated heterocycles. The molecule has 0 aromatic carbocycles. The van der Waals surface area contributed by atoms with Crippen LogP contribution in [-0.2, 0) is 0 Å². The highest BCUT2D eigenvalue weighted by Gasteiger charge is 2.26. The van der Waals surface area contributed by atoms with Gasteiger partial charge in [0.2, 0.25) is 5.95 Å². The molecule has 1 aliphatic heterocycles. The van der Waals surface area contributed by atoms with E-state index in [1.807, 2.05) is 18.3 Å². The van der Waals surface area contributed by atoms with Crippen molar-refractivity contribution in [3.8, 4) is 11.3 Å². The molecule has 8 nitrogen and oxygen atoms in total. The van der Waals surface area contributed by atoms with Gasteiger partial charge in [-0.25, -0.2) is 19.7 Å². The summed E-state index contributed by atoms with van der Waals surface area (Å²) in [4.78, 5) is 28.5. The molecule has 1 aliphatic rings. The maximum atomic E-state index is 11.0.